The minimum atomic E-state index is 0.457. The molecule has 0 atom stereocenters. The lowest BCUT2D eigenvalue weighted by Gasteiger charge is -2.00. The van der Waals surface area contributed by atoms with Crippen molar-refractivity contribution in [2.75, 3.05) is 0 Å². The highest BCUT2D eigenvalue weighted by Gasteiger charge is 2.20. The average molecular weight is 498 g/mol. The highest BCUT2D eigenvalue weighted by molar-refractivity contribution is 7.24. The number of nitrogens with zero attached hydrogens (tertiary/aromatic N) is 6. The lowest BCUT2D eigenvalue weighted by Crippen LogP contribution is -1.83. The average Bonchev–Trinajstić information content (AvgIpc) is 3.73. The van der Waals surface area contributed by atoms with Gasteiger partial charge in [0.05, 0.1) is 54.4 Å². The van der Waals surface area contributed by atoms with Crippen molar-refractivity contribution in [1.29, 1.82) is 0 Å². The van der Waals surface area contributed by atoms with E-state index in [-0.39, 0.29) is 0 Å². The van der Waals surface area contributed by atoms with E-state index in [4.69, 9.17) is 14.4 Å². The summed E-state index contributed by atoms with van der Waals surface area (Å²) in [4.78, 5) is 14.0. The van der Waals surface area contributed by atoms with Gasteiger partial charge >= 0.3 is 0 Å². The molecule has 0 saturated heterocycles. The fourth-order valence-electron chi connectivity index (χ4n) is 5.32. The molecule has 5 heterocycles. The first-order valence-corrected chi connectivity index (χ1v) is 12.7. The Morgan fingerprint density at radius 1 is 0.622 bits per heavy atom. The normalized spacial score (nSPS) is 12.3. The van der Waals surface area contributed by atoms with Crippen LogP contribution in [0, 0.1) is 0 Å². The molecule has 4 aromatic carbocycles. The zero-order chi connectivity index (χ0) is 24.1. The van der Waals surface area contributed by atoms with Crippen LogP contribution in [0.4, 0.5) is 0 Å². The molecule has 5 aromatic heterocycles. The lowest BCUT2D eigenvalue weighted by molar-refractivity contribution is 0.586. The van der Waals surface area contributed by atoms with Crippen LogP contribution >= 0.6 is 11.3 Å². The minimum absolute atomic E-state index is 0.457. The SMILES string of the molecule is c1ccc2c(c1)nc1[nH]c3c(-c4nnc(-c5cccc6c5sc5nc7ccccc7n56)o4)cccc3n12. The molecule has 0 spiro atoms. The Morgan fingerprint density at radius 2 is 1.27 bits per heavy atom. The maximum Gasteiger partial charge on any atom is 0.250 e. The second-order valence-electron chi connectivity index (χ2n) is 8.97. The van der Waals surface area contributed by atoms with E-state index in [1.165, 1.54) is 0 Å². The maximum absolute atomic E-state index is 6.30. The number of aromatic nitrogens is 7. The number of aromatic amines is 1. The van der Waals surface area contributed by atoms with Gasteiger partial charge in [-0.3, -0.25) is 8.80 Å². The molecule has 0 bridgehead atoms. The van der Waals surface area contributed by atoms with E-state index in [0.29, 0.717) is 11.8 Å². The van der Waals surface area contributed by atoms with Crippen LogP contribution < -0.4 is 0 Å². The lowest BCUT2D eigenvalue weighted by atomic mass is 10.2. The number of para-hydroxylation sites is 5. The van der Waals surface area contributed by atoms with Crippen LogP contribution in [0.3, 0.4) is 0 Å². The van der Waals surface area contributed by atoms with E-state index < -0.39 is 0 Å². The van der Waals surface area contributed by atoms with Crippen molar-refractivity contribution in [3.63, 3.8) is 0 Å². The number of benzene rings is 4. The summed E-state index contributed by atoms with van der Waals surface area (Å²) >= 11 is 1.63. The number of rotatable bonds is 2. The third-order valence-corrected chi connectivity index (χ3v) is 8.01. The first kappa shape index (κ1) is 19.2. The number of hydrogen-bond acceptors (Lipinski definition) is 6. The molecule has 9 rings (SSSR count). The zero-order valence-corrected chi connectivity index (χ0v) is 19.9. The Bertz CT molecular complexity index is 2170. The van der Waals surface area contributed by atoms with Crippen molar-refractivity contribution in [3.8, 4) is 22.9 Å². The molecule has 0 unspecified atom stereocenters. The highest BCUT2D eigenvalue weighted by Crippen LogP contribution is 2.38. The third kappa shape index (κ3) is 2.50. The predicted octanol–water partition coefficient (Wildman–Crippen LogP) is 6.70. The van der Waals surface area contributed by atoms with Crippen LogP contribution in [-0.4, -0.2) is 34.0 Å². The smallest absolute Gasteiger partial charge is 0.250 e. The first-order chi connectivity index (χ1) is 18.3. The Balaban J connectivity index is 1.23. The van der Waals surface area contributed by atoms with E-state index in [1.54, 1.807) is 11.3 Å². The van der Waals surface area contributed by atoms with E-state index in [2.05, 4.69) is 48.2 Å². The Hall–Kier alpha value is -5.02. The molecule has 0 amide bonds. The topological polar surface area (TPSA) is 89.3 Å². The van der Waals surface area contributed by atoms with E-state index in [1.807, 2.05) is 60.7 Å². The number of H-pyrrole nitrogens is 1. The molecule has 8 nitrogen and oxygen atoms in total. The molecule has 0 fully saturated rings. The molecule has 0 aliphatic rings. The molecular weight excluding hydrogens is 482 g/mol. The molecule has 174 valence electrons. The summed E-state index contributed by atoms with van der Waals surface area (Å²) in [5.41, 5.74) is 8.80. The molecule has 1 N–H and O–H groups in total. The van der Waals surface area contributed by atoms with Gasteiger partial charge in [0.15, 0.2) is 4.96 Å². The Morgan fingerprint density at radius 3 is 2.11 bits per heavy atom. The van der Waals surface area contributed by atoms with Crippen molar-refractivity contribution >= 4 is 65.4 Å². The van der Waals surface area contributed by atoms with Gasteiger partial charge in [-0.2, -0.15) is 0 Å². The van der Waals surface area contributed by atoms with Crippen LogP contribution in [0.5, 0.6) is 0 Å². The summed E-state index contributed by atoms with van der Waals surface area (Å²) in [7, 11) is 0. The van der Waals surface area contributed by atoms with Crippen molar-refractivity contribution in [2.45, 2.75) is 0 Å². The van der Waals surface area contributed by atoms with Gasteiger partial charge in [0.2, 0.25) is 17.6 Å². The van der Waals surface area contributed by atoms with Gasteiger partial charge in [-0.25, -0.2) is 9.97 Å². The molecule has 0 radical (unpaired) electrons. The van der Waals surface area contributed by atoms with Crippen molar-refractivity contribution < 1.29 is 4.42 Å². The van der Waals surface area contributed by atoms with Gasteiger partial charge in [-0.05, 0) is 48.5 Å². The summed E-state index contributed by atoms with van der Waals surface area (Å²) < 4.78 is 11.7. The summed E-state index contributed by atoms with van der Waals surface area (Å²) in [6.45, 7) is 0. The summed E-state index contributed by atoms with van der Waals surface area (Å²) in [5.74, 6) is 1.72. The molecule has 9 heteroatoms. The summed E-state index contributed by atoms with van der Waals surface area (Å²) in [5, 5.41) is 8.90. The molecule has 37 heavy (non-hydrogen) atoms. The van der Waals surface area contributed by atoms with E-state index >= 15 is 0 Å². The van der Waals surface area contributed by atoms with Crippen LogP contribution in [0.15, 0.2) is 89.3 Å². The summed E-state index contributed by atoms with van der Waals surface area (Å²) in [6, 6.07) is 28.5. The summed E-state index contributed by atoms with van der Waals surface area (Å²) in [6.07, 6.45) is 0. The van der Waals surface area contributed by atoms with Gasteiger partial charge in [0.25, 0.3) is 0 Å². The van der Waals surface area contributed by atoms with Crippen molar-refractivity contribution in [3.05, 3.63) is 84.9 Å². The molecule has 0 aliphatic heterocycles. The van der Waals surface area contributed by atoms with Crippen LogP contribution in [0.1, 0.15) is 0 Å². The van der Waals surface area contributed by atoms with Gasteiger partial charge in [-0.15, -0.1) is 10.2 Å². The molecular formula is C28H15N7OS. The van der Waals surface area contributed by atoms with Crippen LogP contribution in [-0.2, 0) is 0 Å². The number of fused-ring (bicyclic) bond motifs is 10. The Kier molecular flexibility index (Phi) is 3.53. The fourth-order valence-corrected chi connectivity index (χ4v) is 6.46. The second-order valence-corrected chi connectivity index (χ2v) is 9.95. The van der Waals surface area contributed by atoms with Crippen molar-refractivity contribution in [2.24, 2.45) is 0 Å². The minimum Gasteiger partial charge on any atom is -0.416 e. The Labute approximate surface area is 211 Å². The second kappa shape index (κ2) is 6.80. The van der Waals surface area contributed by atoms with E-state index in [9.17, 15) is 0 Å². The quantitative estimate of drug-likeness (QED) is 0.287. The first-order valence-electron chi connectivity index (χ1n) is 11.8. The number of thiazole rings is 1. The van der Waals surface area contributed by atoms with Gasteiger partial charge in [0, 0.05) is 0 Å². The van der Waals surface area contributed by atoms with Crippen LogP contribution in [0.25, 0.3) is 77.0 Å². The number of imidazole rings is 3. The standard InChI is InChI=1S/C28H15N7OS/c1-3-11-19-17(9-1)29-27-31-23-15(7-5-13-21(23)34(19)27)25-32-33-26(36-25)16-8-6-14-22-24(16)37-28-30-18-10-2-4-12-20(18)35(22)28/h1-14H,(H,29,31). The van der Waals surface area contributed by atoms with Gasteiger partial charge < -0.3 is 9.40 Å². The van der Waals surface area contributed by atoms with Crippen molar-refractivity contribution in [1.82, 2.24) is 34.0 Å². The maximum atomic E-state index is 6.30. The van der Waals surface area contributed by atoms with Gasteiger partial charge in [0.1, 0.15) is 0 Å². The van der Waals surface area contributed by atoms with E-state index in [0.717, 1.165) is 65.2 Å². The largest absolute Gasteiger partial charge is 0.416 e. The highest BCUT2D eigenvalue weighted by atomic mass is 32.1. The monoisotopic (exact) mass is 497 g/mol. The van der Waals surface area contributed by atoms with Gasteiger partial charge in [-0.1, -0.05) is 47.7 Å². The molecule has 9 aromatic rings. The number of hydrogen-bond donors (Lipinski definition) is 1. The predicted molar refractivity (Wildman–Crippen MR) is 145 cm³/mol. The number of nitrogens with one attached hydrogen (secondary N) is 1. The van der Waals surface area contributed by atoms with Crippen LogP contribution in [0.2, 0.25) is 0 Å². The fraction of sp³-hybridized carbons (Fsp3) is 0. The molecule has 0 aliphatic carbocycles. The third-order valence-electron chi connectivity index (χ3n) is 6.93. The zero-order valence-electron chi connectivity index (χ0n) is 19.1. The molecule has 0 saturated carbocycles.